The molecular formula is C20H17N3O3S3. The first-order chi connectivity index (χ1) is 14.0. The quantitative estimate of drug-likeness (QED) is 0.339. The second-order valence-electron chi connectivity index (χ2n) is 6.30. The number of nitrogens with zero attached hydrogens (tertiary/aromatic N) is 3. The molecule has 0 saturated heterocycles. The van der Waals surface area contributed by atoms with Gasteiger partial charge in [-0.15, -0.1) is 21.5 Å². The molecule has 1 atom stereocenters. The fraction of sp³-hybridized carbons (Fsp3) is 0.200. The van der Waals surface area contributed by atoms with Gasteiger partial charge in [0.25, 0.3) is 5.91 Å². The first-order valence-corrected chi connectivity index (χ1v) is 11.8. The number of carbonyl (C=O) groups excluding carboxylic acids is 2. The van der Waals surface area contributed by atoms with Gasteiger partial charge in [-0.25, -0.2) is 0 Å². The summed E-state index contributed by atoms with van der Waals surface area (Å²) in [4.78, 5) is 28.0. The van der Waals surface area contributed by atoms with Crippen molar-refractivity contribution in [1.82, 2.24) is 10.2 Å². The van der Waals surface area contributed by atoms with E-state index in [0.717, 1.165) is 17.5 Å². The number of amides is 1. The largest absolute Gasteiger partial charge is 0.503 e. The lowest BCUT2D eigenvalue weighted by Crippen LogP contribution is -2.31. The molecule has 2 aromatic heterocycles. The predicted molar refractivity (Wildman–Crippen MR) is 116 cm³/mol. The van der Waals surface area contributed by atoms with Crippen LogP contribution in [0.25, 0.3) is 0 Å². The molecule has 0 fully saturated rings. The van der Waals surface area contributed by atoms with Crippen molar-refractivity contribution in [3.8, 4) is 0 Å². The Kier molecular flexibility index (Phi) is 5.53. The Morgan fingerprint density at radius 1 is 1.24 bits per heavy atom. The van der Waals surface area contributed by atoms with Crippen LogP contribution in [0, 0.1) is 0 Å². The third-order valence-corrected chi connectivity index (χ3v) is 7.44. The van der Waals surface area contributed by atoms with Gasteiger partial charge >= 0.3 is 0 Å². The highest BCUT2D eigenvalue weighted by atomic mass is 32.2. The van der Waals surface area contributed by atoms with Gasteiger partial charge in [0.1, 0.15) is 0 Å². The molecule has 3 heterocycles. The van der Waals surface area contributed by atoms with Gasteiger partial charge in [0.05, 0.1) is 16.5 Å². The van der Waals surface area contributed by atoms with E-state index < -0.39 is 17.7 Å². The summed E-state index contributed by atoms with van der Waals surface area (Å²) in [5.41, 5.74) is 1.95. The zero-order chi connectivity index (χ0) is 20.5. The molecule has 1 N–H and O–H groups in total. The number of rotatable bonds is 6. The van der Waals surface area contributed by atoms with Crippen LogP contribution in [-0.2, 0) is 11.2 Å². The number of thiophene rings is 1. The van der Waals surface area contributed by atoms with Crippen LogP contribution in [0.4, 0.5) is 5.13 Å². The molecule has 9 heteroatoms. The molecule has 0 spiro atoms. The Morgan fingerprint density at radius 3 is 2.59 bits per heavy atom. The Bertz CT molecular complexity index is 1090. The van der Waals surface area contributed by atoms with E-state index in [9.17, 15) is 14.7 Å². The maximum absolute atomic E-state index is 13.2. The van der Waals surface area contributed by atoms with Crippen molar-refractivity contribution in [3.05, 3.63) is 69.1 Å². The van der Waals surface area contributed by atoms with Gasteiger partial charge in [-0.1, -0.05) is 60.4 Å². The van der Waals surface area contributed by atoms with Gasteiger partial charge in [-0.3, -0.25) is 14.5 Å². The number of benzene rings is 1. The predicted octanol–water partition coefficient (Wildman–Crippen LogP) is 4.67. The van der Waals surface area contributed by atoms with E-state index in [-0.39, 0.29) is 11.4 Å². The number of anilines is 1. The van der Waals surface area contributed by atoms with Crippen LogP contribution in [0.2, 0.25) is 0 Å². The number of aryl methyl sites for hydroxylation is 1. The molecule has 1 amide bonds. The minimum atomic E-state index is -0.759. The summed E-state index contributed by atoms with van der Waals surface area (Å²) < 4.78 is 0.699. The van der Waals surface area contributed by atoms with E-state index >= 15 is 0 Å². The summed E-state index contributed by atoms with van der Waals surface area (Å²) in [6, 6.07) is 10.4. The Labute approximate surface area is 179 Å². The molecular weight excluding hydrogens is 426 g/mol. The fourth-order valence-electron chi connectivity index (χ4n) is 3.21. The number of aliphatic hydroxyl groups excluding tert-OH is 1. The molecule has 0 bridgehead atoms. The van der Waals surface area contributed by atoms with Crippen molar-refractivity contribution < 1.29 is 14.7 Å². The average Bonchev–Trinajstić information content (AvgIpc) is 3.48. The number of thioether (sulfide) groups is 1. The lowest BCUT2D eigenvalue weighted by Gasteiger charge is -2.24. The first kappa shape index (κ1) is 19.8. The summed E-state index contributed by atoms with van der Waals surface area (Å²) in [6.45, 7) is 2.06. The van der Waals surface area contributed by atoms with Gasteiger partial charge in [0, 0.05) is 0 Å². The molecule has 0 radical (unpaired) electrons. The van der Waals surface area contributed by atoms with E-state index in [1.807, 2.05) is 30.5 Å². The van der Waals surface area contributed by atoms with Crippen LogP contribution < -0.4 is 4.90 Å². The molecule has 1 aliphatic rings. The maximum atomic E-state index is 13.2. The number of carbonyl (C=O) groups is 2. The van der Waals surface area contributed by atoms with E-state index in [2.05, 4.69) is 17.1 Å². The SMILES string of the molecule is CCc1ccc([C@@H]2C(C(=O)c3cccs3)=C(O)C(=O)N2c2nnc(SC)s2)cc1. The number of ketones is 1. The molecule has 4 rings (SSSR count). The zero-order valence-electron chi connectivity index (χ0n) is 15.7. The highest BCUT2D eigenvalue weighted by molar-refractivity contribution is 8.00. The maximum Gasteiger partial charge on any atom is 0.296 e. The van der Waals surface area contributed by atoms with Crippen LogP contribution in [0.15, 0.2) is 57.5 Å². The van der Waals surface area contributed by atoms with Crippen molar-refractivity contribution in [1.29, 1.82) is 0 Å². The van der Waals surface area contributed by atoms with Crippen LogP contribution in [0.1, 0.15) is 33.8 Å². The molecule has 0 unspecified atom stereocenters. The summed E-state index contributed by atoms with van der Waals surface area (Å²) in [6.07, 6.45) is 2.75. The van der Waals surface area contributed by atoms with Gasteiger partial charge < -0.3 is 5.11 Å². The lowest BCUT2D eigenvalue weighted by atomic mass is 9.94. The fourth-order valence-corrected chi connectivity index (χ4v) is 5.17. The molecule has 29 heavy (non-hydrogen) atoms. The second-order valence-corrected chi connectivity index (χ2v) is 9.25. The number of aromatic nitrogens is 2. The average molecular weight is 444 g/mol. The van der Waals surface area contributed by atoms with E-state index in [1.54, 1.807) is 17.5 Å². The monoisotopic (exact) mass is 443 g/mol. The Morgan fingerprint density at radius 2 is 2.00 bits per heavy atom. The van der Waals surface area contributed by atoms with Crippen molar-refractivity contribution in [2.75, 3.05) is 11.2 Å². The molecule has 0 saturated carbocycles. The number of hydrogen-bond acceptors (Lipinski definition) is 8. The number of hydrogen-bond donors (Lipinski definition) is 1. The van der Waals surface area contributed by atoms with Crippen LogP contribution in [0.5, 0.6) is 0 Å². The lowest BCUT2D eigenvalue weighted by molar-refractivity contribution is -0.117. The van der Waals surface area contributed by atoms with Crippen molar-refractivity contribution in [3.63, 3.8) is 0 Å². The number of Topliss-reactive ketones (excluding diaryl/α,β-unsaturated/α-hetero) is 1. The summed E-state index contributed by atoms with van der Waals surface area (Å²) in [5.74, 6) is -1.53. The summed E-state index contributed by atoms with van der Waals surface area (Å²) in [5, 5.41) is 21.0. The summed E-state index contributed by atoms with van der Waals surface area (Å²) >= 11 is 3.95. The first-order valence-electron chi connectivity index (χ1n) is 8.86. The minimum Gasteiger partial charge on any atom is -0.503 e. The standard InChI is InChI=1S/C20H17N3O3S3/c1-3-11-6-8-12(9-7-11)15-14(16(24)13-5-4-10-28-13)17(25)18(26)23(15)19-21-22-20(27-2)29-19/h4-10,15,25H,3H2,1-2H3/t15-/m1/s1. The molecule has 6 nitrogen and oxygen atoms in total. The third-order valence-electron chi connectivity index (χ3n) is 4.68. The van der Waals surface area contributed by atoms with Crippen molar-refractivity contribution in [2.24, 2.45) is 0 Å². The molecule has 0 aliphatic carbocycles. The van der Waals surface area contributed by atoms with Crippen LogP contribution >= 0.6 is 34.4 Å². The topological polar surface area (TPSA) is 83.4 Å². The van der Waals surface area contributed by atoms with Gasteiger partial charge in [-0.05, 0) is 35.2 Å². The van der Waals surface area contributed by atoms with Crippen molar-refractivity contribution >= 4 is 51.3 Å². The van der Waals surface area contributed by atoms with E-state index in [4.69, 9.17) is 0 Å². The summed E-state index contributed by atoms with van der Waals surface area (Å²) in [7, 11) is 0. The smallest absolute Gasteiger partial charge is 0.296 e. The molecule has 1 aliphatic heterocycles. The van der Waals surface area contributed by atoms with Gasteiger partial charge in [0.15, 0.2) is 10.1 Å². The number of aliphatic hydroxyl groups is 1. The van der Waals surface area contributed by atoms with Gasteiger partial charge in [-0.2, -0.15) is 0 Å². The second kappa shape index (κ2) is 8.10. The molecule has 1 aromatic carbocycles. The molecule has 3 aromatic rings. The third kappa shape index (κ3) is 3.50. The zero-order valence-corrected chi connectivity index (χ0v) is 18.1. The van der Waals surface area contributed by atoms with E-state index in [1.165, 1.54) is 39.3 Å². The minimum absolute atomic E-state index is 0.0719. The normalized spacial score (nSPS) is 16.7. The Balaban J connectivity index is 1.85. The molecule has 148 valence electrons. The van der Waals surface area contributed by atoms with Crippen molar-refractivity contribution in [2.45, 2.75) is 23.7 Å². The highest BCUT2D eigenvalue weighted by Crippen LogP contribution is 2.43. The van der Waals surface area contributed by atoms with E-state index in [0.29, 0.717) is 14.3 Å². The van der Waals surface area contributed by atoms with Crippen LogP contribution in [0.3, 0.4) is 0 Å². The van der Waals surface area contributed by atoms with Gasteiger partial charge in [0.2, 0.25) is 10.9 Å². The Hall–Kier alpha value is -2.49. The highest BCUT2D eigenvalue weighted by Gasteiger charge is 2.46. The van der Waals surface area contributed by atoms with Crippen LogP contribution in [-0.4, -0.2) is 33.3 Å².